The number of hydrogen-bond acceptors (Lipinski definition) is 3. The normalized spacial score (nSPS) is 12.5. The smallest absolute Gasteiger partial charge is 0.251 e. The number of nitrogens with zero attached hydrogens (tertiary/aromatic N) is 1. The number of benzene rings is 2. The van der Waals surface area contributed by atoms with Crippen LogP contribution in [0.5, 0.6) is 0 Å². The molecule has 1 N–H and O–H groups in total. The van der Waals surface area contributed by atoms with Crippen LogP contribution in [0.3, 0.4) is 0 Å². The summed E-state index contributed by atoms with van der Waals surface area (Å²) in [5, 5.41) is 3.05. The SMILES string of the molecule is CC(C)(C)CC(C)(C)NC(=O)c1ccc(CN(c2ccccc2F)S(C)(=O)=O)cc1. The molecule has 7 heteroatoms. The molecule has 164 valence electrons. The number of rotatable bonds is 7. The van der Waals surface area contributed by atoms with Crippen LogP contribution in [0.4, 0.5) is 10.1 Å². The number of amides is 1. The molecule has 0 aliphatic rings. The van der Waals surface area contributed by atoms with E-state index in [0.717, 1.165) is 17.0 Å². The van der Waals surface area contributed by atoms with Gasteiger partial charge < -0.3 is 5.32 Å². The molecule has 2 aromatic rings. The van der Waals surface area contributed by atoms with Gasteiger partial charge in [0.15, 0.2) is 0 Å². The lowest BCUT2D eigenvalue weighted by atomic mass is 9.81. The summed E-state index contributed by atoms with van der Waals surface area (Å²) in [6.45, 7) is 10.3. The molecule has 0 saturated heterocycles. The Morgan fingerprint density at radius 3 is 2.07 bits per heavy atom. The van der Waals surface area contributed by atoms with Crippen molar-refractivity contribution in [3.05, 3.63) is 65.5 Å². The second-order valence-corrected chi connectivity index (χ2v) is 11.4. The summed E-state index contributed by atoms with van der Waals surface area (Å²) < 4.78 is 39.6. The van der Waals surface area contributed by atoms with Crippen LogP contribution in [0.15, 0.2) is 48.5 Å². The summed E-state index contributed by atoms with van der Waals surface area (Å²) in [6.07, 6.45) is 1.86. The molecule has 0 aromatic heterocycles. The lowest BCUT2D eigenvalue weighted by molar-refractivity contribution is 0.0891. The largest absolute Gasteiger partial charge is 0.347 e. The van der Waals surface area contributed by atoms with Gasteiger partial charge in [0.2, 0.25) is 10.0 Å². The monoisotopic (exact) mass is 434 g/mol. The van der Waals surface area contributed by atoms with Crippen LogP contribution < -0.4 is 9.62 Å². The van der Waals surface area contributed by atoms with Crippen LogP contribution in [-0.2, 0) is 16.6 Å². The van der Waals surface area contributed by atoms with Crippen LogP contribution in [0, 0.1) is 11.2 Å². The molecule has 0 atom stereocenters. The van der Waals surface area contributed by atoms with Gasteiger partial charge in [-0.25, -0.2) is 12.8 Å². The highest BCUT2D eigenvalue weighted by Crippen LogP contribution is 2.27. The van der Waals surface area contributed by atoms with Gasteiger partial charge in [-0.2, -0.15) is 0 Å². The van der Waals surface area contributed by atoms with E-state index in [-0.39, 0.29) is 29.1 Å². The fraction of sp³-hybridized carbons (Fsp3) is 0.435. The van der Waals surface area contributed by atoms with Crippen LogP contribution in [0.25, 0.3) is 0 Å². The van der Waals surface area contributed by atoms with Crippen molar-refractivity contribution < 1.29 is 17.6 Å². The van der Waals surface area contributed by atoms with Crippen molar-refractivity contribution in [3.63, 3.8) is 0 Å². The molecule has 5 nitrogen and oxygen atoms in total. The first-order valence-corrected chi connectivity index (χ1v) is 11.7. The molecule has 2 aromatic carbocycles. The first-order valence-electron chi connectivity index (χ1n) is 9.82. The van der Waals surface area contributed by atoms with Gasteiger partial charge in [0, 0.05) is 11.1 Å². The van der Waals surface area contributed by atoms with Gasteiger partial charge in [0.1, 0.15) is 5.82 Å². The molecule has 0 aliphatic carbocycles. The van der Waals surface area contributed by atoms with E-state index >= 15 is 0 Å². The summed E-state index contributed by atoms with van der Waals surface area (Å²) in [7, 11) is -3.69. The highest BCUT2D eigenvalue weighted by Gasteiger charge is 2.27. The van der Waals surface area contributed by atoms with Crippen LogP contribution in [0.2, 0.25) is 0 Å². The van der Waals surface area contributed by atoms with E-state index in [4.69, 9.17) is 0 Å². The number of carbonyl (C=O) groups is 1. The molecular formula is C23H31FN2O3S. The van der Waals surface area contributed by atoms with Crippen LogP contribution >= 0.6 is 0 Å². The predicted molar refractivity (Wildman–Crippen MR) is 119 cm³/mol. The minimum Gasteiger partial charge on any atom is -0.347 e. The minimum absolute atomic E-state index is 0.00857. The van der Waals surface area contributed by atoms with Gasteiger partial charge in [-0.05, 0) is 55.5 Å². The number of hydrogen-bond donors (Lipinski definition) is 1. The Kier molecular flexibility index (Phi) is 6.97. The van der Waals surface area contributed by atoms with Crippen molar-refractivity contribution in [1.29, 1.82) is 0 Å². The summed E-state index contributed by atoms with van der Waals surface area (Å²) >= 11 is 0. The average molecular weight is 435 g/mol. The summed E-state index contributed by atoms with van der Waals surface area (Å²) in [5.74, 6) is -0.801. The lowest BCUT2D eigenvalue weighted by Gasteiger charge is -2.33. The van der Waals surface area contributed by atoms with Gasteiger partial charge >= 0.3 is 0 Å². The molecule has 0 bridgehead atoms. The van der Waals surface area contributed by atoms with Gasteiger partial charge in [-0.1, -0.05) is 45.0 Å². The van der Waals surface area contributed by atoms with Crippen LogP contribution in [0.1, 0.15) is 57.0 Å². The fourth-order valence-corrected chi connectivity index (χ4v) is 4.60. The van der Waals surface area contributed by atoms with Gasteiger partial charge in [-0.15, -0.1) is 0 Å². The molecule has 0 saturated carbocycles. The Balaban J connectivity index is 2.18. The molecule has 1 amide bonds. The average Bonchev–Trinajstić information content (AvgIpc) is 2.57. The third-order valence-electron chi connectivity index (χ3n) is 4.49. The summed E-state index contributed by atoms with van der Waals surface area (Å²) in [6, 6.07) is 12.4. The van der Waals surface area contributed by atoms with Crippen LogP contribution in [-0.4, -0.2) is 26.1 Å². The molecule has 2 rings (SSSR count). The minimum atomic E-state index is -3.69. The maximum absolute atomic E-state index is 14.2. The molecule has 0 fully saturated rings. The Morgan fingerprint density at radius 2 is 1.57 bits per heavy atom. The van der Waals surface area contributed by atoms with Gasteiger partial charge in [0.25, 0.3) is 5.91 Å². The zero-order valence-corrected chi connectivity index (χ0v) is 19.3. The standard InChI is InChI=1S/C23H31FN2O3S/c1-22(2,3)16-23(4,5)25-21(27)18-13-11-17(12-14-18)15-26(30(6,28)29)20-10-8-7-9-19(20)24/h7-14H,15-16H2,1-6H3,(H,25,27). The van der Waals surface area contributed by atoms with Crippen molar-refractivity contribution in [2.75, 3.05) is 10.6 Å². The zero-order valence-electron chi connectivity index (χ0n) is 18.5. The van der Waals surface area contributed by atoms with Crippen molar-refractivity contribution in [3.8, 4) is 0 Å². The molecule has 0 radical (unpaired) electrons. The topological polar surface area (TPSA) is 66.5 Å². The Bertz CT molecular complexity index is 994. The predicted octanol–water partition coefficient (Wildman–Crippen LogP) is 4.74. The first-order chi connectivity index (χ1) is 13.7. The van der Waals surface area contributed by atoms with Crippen molar-refractivity contribution in [2.24, 2.45) is 5.41 Å². The maximum atomic E-state index is 14.2. The third kappa shape index (κ3) is 6.83. The van der Waals surface area contributed by atoms with E-state index in [0.29, 0.717) is 11.1 Å². The van der Waals surface area contributed by atoms with E-state index in [9.17, 15) is 17.6 Å². The number of halogens is 1. The zero-order chi connectivity index (χ0) is 22.7. The Labute approximate surface area is 179 Å². The highest BCUT2D eigenvalue weighted by atomic mass is 32.2. The van der Waals surface area contributed by atoms with E-state index in [1.807, 2.05) is 13.8 Å². The molecular weight excluding hydrogens is 403 g/mol. The highest BCUT2D eigenvalue weighted by molar-refractivity contribution is 7.92. The van der Waals surface area contributed by atoms with E-state index in [1.165, 1.54) is 18.2 Å². The second-order valence-electron chi connectivity index (χ2n) is 9.49. The van der Waals surface area contributed by atoms with E-state index in [1.54, 1.807) is 30.3 Å². The van der Waals surface area contributed by atoms with Crippen molar-refractivity contribution >= 4 is 21.6 Å². The van der Waals surface area contributed by atoms with Gasteiger partial charge in [-0.3, -0.25) is 9.10 Å². The Hall–Kier alpha value is -2.41. The second kappa shape index (κ2) is 8.76. The molecule has 0 unspecified atom stereocenters. The first kappa shape index (κ1) is 23.9. The molecule has 0 spiro atoms. The summed E-state index contributed by atoms with van der Waals surface area (Å²) in [4.78, 5) is 12.6. The summed E-state index contributed by atoms with van der Waals surface area (Å²) in [5.41, 5.74) is 0.825. The van der Waals surface area contributed by atoms with Gasteiger partial charge in [0.05, 0.1) is 18.5 Å². The lowest BCUT2D eigenvalue weighted by Crippen LogP contribution is -2.45. The maximum Gasteiger partial charge on any atom is 0.251 e. The number of nitrogens with one attached hydrogen (secondary N) is 1. The molecule has 0 heterocycles. The number of carbonyl (C=O) groups excluding carboxylic acids is 1. The van der Waals surface area contributed by atoms with E-state index < -0.39 is 15.8 Å². The number of para-hydroxylation sites is 1. The third-order valence-corrected chi connectivity index (χ3v) is 5.61. The van der Waals surface area contributed by atoms with Crippen molar-refractivity contribution in [2.45, 2.75) is 53.1 Å². The number of sulfonamides is 1. The van der Waals surface area contributed by atoms with Crippen molar-refractivity contribution in [1.82, 2.24) is 5.32 Å². The van der Waals surface area contributed by atoms with E-state index in [2.05, 4.69) is 26.1 Å². The fourth-order valence-electron chi connectivity index (χ4n) is 3.71. The molecule has 30 heavy (non-hydrogen) atoms. The Morgan fingerprint density at radius 1 is 1.00 bits per heavy atom. The quantitative estimate of drug-likeness (QED) is 0.685. The molecule has 0 aliphatic heterocycles. The number of anilines is 1.